The first-order valence-electron chi connectivity index (χ1n) is 6.33. The number of carbonyl (C=O) groups is 1. The predicted molar refractivity (Wildman–Crippen MR) is 70.5 cm³/mol. The second-order valence-electron chi connectivity index (χ2n) is 4.46. The van der Waals surface area contributed by atoms with Crippen molar-refractivity contribution >= 4 is 5.91 Å². The van der Waals surface area contributed by atoms with Crippen LogP contribution in [0.4, 0.5) is 0 Å². The Morgan fingerprint density at radius 2 is 2.00 bits per heavy atom. The molecule has 1 aliphatic heterocycles. The van der Waals surface area contributed by atoms with E-state index in [1.54, 1.807) is 18.9 Å². The lowest BCUT2D eigenvalue weighted by atomic mass is 10.3. The first-order chi connectivity index (χ1) is 9.19. The number of nitrogens with zero attached hydrogens (tertiary/aromatic N) is 1. The summed E-state index contributed by atoms with van der Waals surface area (Å²) in [7, 11) is 1.62. The molecule has 0 bridgehead atoms. The van der Waals surface area contributed by atoms with Crippen LogP contribution in [0, 0.1) is 0 Å². The molecule has 104 valence electrons. The van der Waals surface area contributed by atoms with Crippen molar-refractivity contribution in [2.75, 3.05) is 33.4 Å². The van der Waals surface area contributed by atoms with Crippen molar-refractivity contribution in [3.63, 3.8) is 0 Å². The molecule has 5 nitrogen and oxygen atoms in total. The summed E-state index contributed by atoms with van der Waals surface area (Å²) in [6.07, 6.45) is -0.139. The van der Waals surface area contributed by atoms with Gasteiger partial charge < -0.3 is 19.1 Å². The van der Waals surface area contributed by atoms with Gasteiger partial charge in [0.1, 0.15) is 17.6 Å². The van der Waals surface area contributed by atoms with Crippen molar-refractivity contribution in [2.24, 2.45) is 0 Å². The Kier molecular flexibility index (Phi) is 4.63. The molecule has 1 amide bonds. The van der Waals surface area contributed by atoms with Crippen LogP contribution in [0.3, 0.4) is 0 Å². The number of methoxy groups -OCH3 is 1. The zero-order valence-corrected chi connectivity index (χ0v) is 11.3. The van der Waals surface area contributed by atoms with Crippen LogP contribution in [0.1, 0.15) is 6.92 Å². The van der Waals surface area contributed by atoms with E-state index in [-0.39, 0.29) is 12.0 Å². The summed E-state index contributed by atoms with van der Waals surface area (Å²) in [6, 6.07) is 7.38. The minimum Gasteiger partial charge on any atom is -0.497 e. The molecule has 1 aromatic rings. The summed E-state index contributed by atoms with van der Waals surface area (Å²) in [5.74, 6) is 1.59. The second kappa shape index (κ2) is 6.43. The van der Waals surface area contributed by atoms with Crippen molar-refractivity contribution in [3.05, 3.63) is 24.3 Å². The maximum Gasteiger partial charge on any atom is 0.219 e. The van der Waals surface area contributed by atoms with E-state index in [0.717, 1.165) is 11.5 Å². The highest BCUT2D eigenvalue weighted by Crippen LogP contribution is 2.19. The first kappa shape index (κ1) is 13.7. The normalized spacial score (nSPS) is 19.7. The monoisotopic (exact) mass is 265 g/mol. The molecule has 0 unspecified atom stereocenters. The van der Waals surface area contributed by atoms with Crippen LogP contribution in [0.15, 0.2) is 24.3 Å². The Hall–Kier alpha value is -1.75. The second-order valence-corrected chi connectivity index (χ2v) is 4.46. The SMILES string of the molecule is COc1ccc(O[C@H]2COCCN(C(C)=O)C2)cc1. The van der Waals surface area contributed by atoms with Gasteiger partial charge in [0.2, 0.25) is 5.91 Å². The maximum absolute atomic E-state index is 11.4. The average molecular weight is 265 g/mol. The van der Waals surface area contributed by atoms with Gasteiger partial charge >= 0.3 is 0 Å². The average Bonchev–Trinajstić information content (AvgIpc) is 2.65. The molecular formula is C14H19NO4. The van der Waals surface area contributed by atoms with Gasteiger partial charge in [-0.05, 0) is 24.3 Å². The smallest absolute Gasteiger partial charge is 0.219 e. The topological polar surface area (TPSA) is 48.0 Å². The largest absolute Gasteiger partial charge is 0.497 e. The van der Waals surface area contributed by atoms with Gasteiger partial charge in [0, 0.05) is 13.5 Å². The van der Waals surface area contributed by atoms with Crippen LogP contribution in [0.5, 0.6) is 11.5 Å². The highest BCUT2D eigenvalue weighted by molar-refractivity contribution is 5.73. The minimum absolute atomic E-state index is 0.0498. The van der Waals surface area contributed by atoms with E-state index >= 15 is 0 Å². The van der Waals surface area contributed by atoms with E-state index in [1.165, 1.54) is 0 Å². The highest BCUT2D eigenvalue weighted by Gasteiger charge is 2.21. The van der Waals surface area contributed by atoms with Crippen LogP contribution in [-0.2, 0) is 9.53 Å². The molecule has 0 N–H and O–H groups in total. The Morgan fingerprint density at radius 3 is 2.63 bits per heavy atom. The summed E-state index contributed by atoms with van der Waals surface area (Å²) in [4.78, 5) is 13.2. The van der Waals surface area contributed by atoms with E-state index in [9.17, 15) is 4.79 Å². The molecule has 0 saturated carbocycles. The van der Waals surface area contributed by atoms with Gasteiger partial charge in [-0.2, -0.15) is 0 Å². The molecule has 1 saturated heterocycles. The van der Waals surface area contributed by atoms with E-state index in [1.807, 2.05) is 24.3 Å². The van der Waals surface area contributed by atoms with Crippen LogP contribution in [0.25, 0.3) is 0 Å². The number of rotatable bonds is 3. The number of hydrogen-bond acceptors (Lipinski definition) is 4. The molecule has 1 heterocycles. The Bertz CT molecular complexity index is 418. The number of carbonyl (C=O) groups excluding carboxylic acids is 1. The first-order valence-corrected chi connectivity index (χ1v) is 6.33. The fourth-order valence-corrected chi connectivity index (χ4v) is 1.98. The van der Waals surface area contributed by atoms with Crippen molar-refractivity contribution < 1.29 is 19.0 Å². The summed E-state index contributed by atoms with van der Waals surface area (Å²) in [5.41, 5.74) is 0. The van der Waals surface area contributed by atoms with Gasteiger partial charge in [0.05, 0.1) is 26.9 Å². The van der Waals surface area contributed by atoms with E-state index in [2.05, 4.69) is 0 Å². The van der Waals surface area contributed by atoms with Gasteiger partial charge in [-0.15, -0.1) is 0 Å². The van der Waals surface area contributed by atoms with Gasteiger partial charge in [-0.1, -0.05) is 0 Å². The number of ether oxygens (including phenoxy) is 3. The van der Waals surface area contributed by atoms with Crippen molar-refractivity contribution in [1.82, 2.24) is 4.90 Å². The van der Waals surface area contributed by atoms with E-state index in [0.29, 0.717) is 26.3 Å². The Balaban J connectivity index is 1.97. The molecule has 1 aromatic carbocycles. The molecule has 19 heavy (non-hydrogen) atoms. The summed E-state index contributed by atoms with van der Waals surface area (Å²) < 4.78 is 16.4. The van der Waals surface area contributed by atoms with Crippen LogP contribution in [-0.4, -0.2) is 50.3 Å². The lowest BCUT2D eigenvalue weighted by Gasteiger charge is -2.23. The molecule has 0 aliphatic carbocycles. The minimum atomic E-state index is -0.139. The summed E-state index contributed by atoms with van der Waals surface area (Å²) in [6.45, 7) is 3.80. The summed E-state index contributed by atoms with van der Waals surface area (Å²) in [5, 5.41) is 0. The third-order valence-electron chi connectivity index (χ3n) is 3.04. The standard InChI is InChI=1S/C14H19NO4/c1-11(16)15-7-8-18-10-14(9-15)19-13-5-3-12(17-2)4-6-13/h3-6,14H,7-10H2,1-2H3/t14-/m1/s1. The lowest BCUT2D eigenvalue weighted by Crippen LogP contribution is -2.38. The molecule has 0 radical (unpaired) electrons. The third kappa shape index (κ3) is 3.86. The summed E-state index contributed by atoms with van der Waals surface area (Å²) >= 11 is 0. The predicted octanol–water partition coefficient (Wildman–Crippen LogP) is 1.32. The molecule has 2 rings (SSSR count). The van der Waals surface area contributed by atoms with Gasteiger partial charge in [-0.25, -0.2) is 0 Å². The molecule has 0 aromatic heterocycles. The molecule has 1 fully saturated rings. The molecule has 0 spiro atoms. The van der Waals surface area contributed by atoms with Crippen LogP contribution >= 0.6 is 0 Å². The zero-order valence-electron chi connectivity index (χ0n) is 11.3. The third-order valence-corrected chi connectivity index (χ3v) is 3.04. The maximum atomic E-state index is 11.4. The van der Waals surface area contributed by atoms with Crippen LogP contribution < -0.4 is 9.47 Å². The Morgan fingerprint density at radius 1 is 1.32 bits per heavy atom. The van der Waals surface area contributed by atoms with Crippen molar-refractivity contribution in [1.29, 1.82) is 0 Å². The van der Waals surface area contributed by atoms with Crippen LogP contribution in [0.2, 0.25) is 0 Å². The number of amides is 1. The Labute approximate surface area is 113 Å². The zero-order chi connectivity index (χ0) is 13.7. The molecular weight excluding hydrogens is 246 g/mol. The van der Waals surface area contributed by atoms with Gasteiger partial charge in [-0.3, -0.25) is 4.79 Å². The van der Waals surface area contributed by atoms with Gasteiger partial charge in [0.15, 0.2) is 0 Å². The van der Waals surface area contributed by atoms with Crippen molar-refractivity contribution in [3.8, 4) is 11.5 Å². The highest BCUT2D eigenvalue weighted by atomic mass is 16.5. The molecule has 1 atom stereocenters. The fourth-order valence-electron chi connectivity index (χ4n) is 1.98. The van der Waals surface area contributed by atoms with Crippen molar-refractivity contribution in [2.45, 2.75) is 13.0 Å². The van der Waals surface area contributed by atoms with Gasteiger partial charge in [0.25, 0.3) is 0 Å². The number of hydrogen-bond donors (Lipinski definition) is 0. The fraction of sp³-hybridized carbons (Fsp3) is 0.500. The quantitative estimate of drug-likeness (QED) is 0.827. The van der Waals surface area contributed by atoms with E-state index < -0.39 is 0 Å². The molecule has 5 heteroatoms. The molecule has 1 aliphatic rings. The lowest BCUT2D eigenvalue weighted by molar-refractivity contribution is -0.129. The number of benzene rings is 1. The van der Waals surface area contributed by atoms with E-state index in [4.69, 9.17) is 14.2 Å².